The van der Waals surface area contributed by atoms with E-state index in [2.05, 4.69) is 15.1 Å². The Morgan fingerprint density at radius 1 is 1.18 bits per heavy atom. The molecule has 8 heteroatoms. The third kappa shape index (κ3) is 3.09. The van der Waals surface area contributed by atoms with Crippen LogP contribution in [0.1, 0.15) is 17.4 Å². The number of pyridine rings is 1. The Bertz CT molecular complexity index is 1040. The van der Waals surface area contributed by atoms with Crippen molar-refractivity contribution in [2.75, 3.05) is 19.9 Å². The van der Waals surface area contributed by atoms with Crippen LogP contribution in [0.2, 0.25) is 0 Å². The molecule has 1 amide bonds. The van der Waals surface area contributed by atoms with E-state index < -0.39 is 0 Å². The summed E-state index contributed by atoms with van der Waals surface area (Å²) in [4.78, 5) is 22.6. The minimum Gasteiger partial charge on any atom is -0.454 e. The first-order valence-corrected chi connectivity index (χ1v) is 8.87. The molecule has 0 aliphatic carbocycles. The van der Waals surface area contributed by atoms with E-state index in [-0.39, 0.29) is 18.6 Å². The summed E-state index contributed by atoms with van der Waals surface area (Å²) in [5.41, 5.74) is 1.68. The van der Waals surface area contributed by atoms with Gasteiger partial charge in [-0.2, -0.15) is 4.98 Å². The number of hydrogen-bond acceptors (Lipinski definition) is 7. The number of fused-ring (bicyclic) bond motifs is 1. The zero-order chi connectivity index (χ0) is 18.9. The zero-order valence-electron chi connectivity index (χ0n) is 14.8. The van der Waals surface area contributed by atoms with Crippen molar-refractivity contribution in [3.63, 3.8) is 0 Å². The minimum atomic E-state index is -0.0547. The summed E-state index contributed by atoms with van der Waals surface area (Å²) in [5.74, 6) is 2.47. The molecule has 0 N–H and O–H groups in total. The van der Waals surface area contributed by atoms with E-state index in [1.165, 1.54) is 0 Å². The molecule has 0 bridgehead atoms. The second-order valence-corrected chi connectivity index (χ2v) is 6.58. The molecule has 4 heterocycles. The Labute approximate surface area is 160 Å². The number of benzene rings is 1. The van der Waals surface area contributed by atoms with Crippen molar-refractivity contribution in [2.45, 2.75) is 5.92 Å². The number of carbonyl (C=O) groups is 1. The monoisotopic (exact) mass is 376 g/mol. The lowest BCUT2D eigenvalue weighted by atomic mass is 10.00. The number of hydrogen-bond donors (Lipinski definition) is 0. The molecular weight excluding hydrogens is 360 g/mol. The van der Waals surface area contributed by atoms with Crippen molar-refractivity contribution < 1.29 is 18.8 Å². The lowest BCUT2D eigenvalue weighted by molar-refractivity contribution is -0.130. The van der Waals surface area contributed by atoms with Crippen LogP contribution in [0.15, 0.2) is 53.3 Å². The van der Waals surface area contributed by atoms with Gasteiger partial charge in [-0.15, -0.1) is 0 Å². The topological polar surface area (TPSA) is 90.6 Å². The maximum absolute atomic E-state index is 12.3. The molecule has 0 atom stereocenters. The maximum atomic E-state index is 12.3. The lowest BCUT2D eigenvalue weighted by Gasteiger charge is -2.36. The Kier molecular flexibility index (Phi) is 4.01. The van der Waals surface area contributed by atoms with Crippen molar-refractivity contribution in [2.24, 2.45) is 0 Å². The fourth-order valence-electron chi connectivity index (χ4n) is 3.12. The van der Waals surface area contributed by atoms with Crippen LogP contribution in [0.5, 0.6) is 11.5 Å². The Balaban J connectivity index is 1.19. The number of nitrogens with zero attached hydrogens (tertiary/aromatic N) is 4. The summed E-state index contributed by atoms with van der Waals surface area (Å²) in [6, 6.07) is 9.26. The molecule has 0 saturated carbocycles. The van der Waals surface area contributed by atoms with E-state index in [4.69, 9.17) is 14.0 Å². The second-order valence-electron chi connectivity index (χ2n) is 6.58. The van der Waals surface area contributed by atoms with Crippen LogP contribution >= 0.6 is 0 Å². The Morgan fingerprint density at radius 3 is 2.93 bits per heavy atom. The van der Waals surface area contributed by atoms with Crippen LogP contribution in [0.25, 0.3) is 17.5 Å². The van der Waals surface area contributed by atoms with E-state index in [1.54, 1.807) is 29.4 Å². The van der Waals surface area contributed by atoms with Crippen LogP contribution in [0.3, 0.4) is 0 Å². The van der Waals surface area contributed by atoms with Gasteiger partial charge in [-0.25, -0.2) is 0 Å². The highest BCUT2D eigenvalue weighted by Gasteiger charge is 2.34. The van der Waals surface area contributed by atoms with Gasteiger partial charge in [-0.3, -0.25) is 9.78 Å². The average molecular weight is 376 g/mol. The van der Waals surface area contributed by atoms with Crippen LogP contribution in [0.4, 0.5) is 0 Å². The molecule has 2 aromatic heterocycles. The number of ether oxygens (including phenoxy) is 2. The molecule has 0 unspecified atom stereocenters. The molecule has 5 rings (SSSR count). The minimum absolute atomic E-state index is 0.0547. The maximum Gasteiger partial charge on any atom is 0.246 e. The van der Waals surface area contributed by atoms with Crippen molar-refractivity contribution >= 4 is 12.0 Å². The first-order chi connectivity index (χ1) is 13.8. The predicted octanol–water partition coefficient (Wildman–Crippen LogP) is 2.50. The van der Waals surface area contributed by atoms with Gasteiger partial charge >= 0.3 is 0 Å². The van der Waals surface area contributed by atoms with Crippen molar-refractivity contribution in [1.29, 1.82) is 0 Å². The summed E-state index contributed by atoms with van der Waals surface area (Å²) in [6.07, 6.45) is 6.70. The molecule has 2 aliphatic heterocycles. The Hall–Kier alpha value is -3.68. The molecular formula is C20H16N4O4. The standard InChI is InChI=1S/C20H16N4O4/c25-18(6-4-13-3-5-16-17(8-13)27-12-26-16)24-10-15(11-24)20-22-19(23-28-20)14-2-1-7-21-9-14/h1-9,15H,10-12H2/b6-4+. The number of rotatable bonds is 4. The Morgan fingerprint density at radius 2 is 2.07 bits per heavy atom. The first-order valence-electron chi connectivity index (χ1n) is 8.87. The average Bonchev–Trinajstić information content (AvgIpc) is 3.35. The van der Waals surface area contributed by atoms with Crippen LogP contribution in [-0.2, 0) is 4.79 Å². The smallest absolute Gasteiger partial charge is 0.246 e. The second kappa shape index (κ2) is 6.80. The molecule has 8 nitrogen and oxygen atoms in total. The molecule has 2 aliphatic rings. The fourth-order valence-corrected chi connectivity index (χ4v) is 3.12. The summed E-state index contributed by atoms with van der Waals surface area (Å²) >= 11 is 0. The summed E-state index contributed by atoms with van der Waals surface area (Å²) in [6.45, 7) is 1.34. The summed E-state index contributed by atoms with van der Waals surface area (Å²) in [7, 11) is 0. The predicted molar refractivity (Wildman–Crippen MR) is 98.4 cm³/mol. The van der Waals surface area contributed by atoms with Gasteiger partial charge < -0.3 is 18.9 Å². The number of aromatic nitrogens is 3. The van der Waals surface area contributed by atoms with Gasteiger partial charge in [0.15, 0.2) is 11.5 Å². The van der Waals surface area contributed by atoms with E-state index in [0.717, 1.165) is 16.9 Å². The fraction of sp³-hybridized carbons (Fsp3) is 0.200. The highest BCUT2D eigenvalue weighted by molar-refractivity contribution is 5.92. The van der Waals surface area contributed by atoms with Crippen molar-refractivity contribution in [1.82, 2.24) is 20.0 Å². The largest absolute Gasteiger partial charge is 0.454 e. The number of likely N-dealkylation sites (tertiary alicyclic amines) is 1. The van der Waals surface area contributed by atoms with Gasteiger partial charge in [0.05, 0.1) is 5.92 Å². The van der Waals surface area contributed by atoms with Gasteiger partial charge in [0, 0.05) is 37.1 Å². The normalized spacial score (nSPS) is 15.8. The van der Waals surface area contributed by atoms with E-state index in [0.29, 0.717) is 30.6 Å². The van der Waals surface area contributed by atoms with Crippen LogP contribution in [-0.4, -0.2) is 45.8 Å². The molecule has 1 saturated heterocycles. The van der Waals surface area contributed by atoms with Crippen molar-refractivity contribution in [3.8, 4) is 22.9 Å². The highest BCUT2D eigenvalue weighted by atomic mass is 16.7. The van der Waals surface area contributed by atoms with Gasteiger partial charge in [0.1, 0.15) is 0 Å². The van der Waals surface area contributed by atoms with Gasteiger partial charge in [0.2, 0.25) is 24.4 Å². The molecule has 3 aromatic rings. The summed E-state index contributed by atoms with van der Waals surface area (Å²) in [5, 5.41) is 4.00. The van der Waals surface area contributed by atoms with Crippen molar-refractivity contribution in [3.05, 3.63) is 60.3 Å². The highest BCUT2D eigenvalue weighted by Crippen LogP contribution is 2.33. The third-order valence-electron chi connectivity index (χ3n) is 4.72. The van der Waals surface area contributed by atoms with E-state index >= 15 is 0 Å². The number of amides is 1. The van der Waals surface area contributed by atoms with Gasteiger partial charge in [-0.1, -0.05) is 11.2 Å². The van der Waals surface area contributed by atoms with E-state index in [1.807, 2.05) is 30.3 Å². The third-order valence-corrected chi connectivity index (χ3v) is 4.72. The molecule has 28 heavy (non-hydrogen) atoms. The zero-order valence-corrected chi connectivity index (χ0v) is 14.8. The van der Waals surface area contributed by atoms with Crippen LogP contribution in [0, 0.1) is 0 Å². The first kappa shape index (κ1) is 16.5. The van der Waals surface area contributed by atoms with E-state index in [9.17, 15) is 4.79 Å². The molecule has 1 aromatic carbocycles. The molecule has 140 valence electrons. The SMILES string of the molecule is O=C(/C=C/c1ccc2c(c1)OCO2)N1CC(c2nc(-c3cccnc3)no2)C1. The molecule has 1 fully saturated rings. The number of carbonyl (C=O) groups excluding carboxylic acids is 1. The molecule has 0 spiro atoms. The summed E-state index contributed by atoms with van der Waals surface area (Å²) < 4.78 is 16.0. The molecule has 0 radical (unpaired) electrons. The van der Waals surface area contributed by atoms with Crippen LogP contribution < -0.4 is 9.47 Å². The van der Waals surface area contributed by atoms with Gasteiger partial charge in [0.25, 0.3) is 0 Å². The quantitative estimate of drug-likeness (QED) is 0.646. The lowest BCUT2D eigenvalue weighted by Crippen LogP contribution is -2.47. The van der Waals surface area contributed by atoms with Gasteiger partial charge in [-0.05, 0) is 35.9 Å².